The van der Waals surface area contributed by atoms with E-state index in [9.17, 15) is 0 Å². The van der Waals surface area contributed by atoms with Gasteiger partial charge in [-0.2, -0.15) is 0 Å². The molecule has 0 aliphatic heterocycles. The first-order chi connectivity index (χ1) is 41.1. The summed E-state index contributed by atoms with van der Waals surface area (Å²) in [5.74, 6) is 0. The summed E-state index contributed by atoms with van der Waals surface area (Å²) < 4.78 is 14.3. The number of anilines is 6. The molecular formula is C78H60N2O2Si2. The predicted molar refractivity (Wildman–Crippen MR) is 362 cm³/mol. The van der Waals surface area contributed by atoms with Crippen molar-refractivity contribution in [3.05, 3.63) is 278 Å². The SMILES string of the molecule is C[SiH](c1ccccc1)c1cc(N(c2cccc3ccccc23)c2cc3c(c4ccccc24)-c2ccc(N(c4cccc5ccccc45)c4cc([Si](C)(C)c5ccccc5)cc5c4oc4ccccc45)cc2C3(C)C)c2oc3ccccc3c2c1. The molecule has 0 saturated carbocycles. The Hall–Kier alpha value is -9.73. The van der Waals surface area contributed by atoms with Crippen LogP contribution >= 0.6 is 0 Å². The van der Waals surface area contributed by atoms with E-state index < -0.39 is 22.3 Å². The molecule has 1 unspecified atom stereocenters. The molecule has 6 heteroatoms. The number of nitrogens with zero attached hydrogens (tertiary/aromatic N) is 2. The van der Waals surface area contributed by atoms with E-state index in [1.54, 1.807) is 0 Å². The van der Waals surface area contributed by atoms with Gasteiger partial charge >= 0.3 is 0 Å². The molecule has 2 aromatic heterocycles. The number of para-hydroxylation sites is 2. The third kappa shape index (κ3) is 7.71. The summed E-state index contributed by atoms with van der Waals surface area (Å²) in [5, 5.41) is 17.1. The summed E-state index contributed by atoms with van der Waals surface area (Å²) >= 11 is 0. The molecule has 0 amide bonds. The van der Waals surface area contributed by atoms with Gasteiger partial charge in [-0.3, -0.25) is 0 Å². The topological polar surface area (TPSA) is 32.8 Å². The van der Waals surface area contributed by atoms with E-state index in [0.717, 1.165) is 78.0 Å². The largest absolute Gasteiger partial charge is 0.454 e. The summed E-state index contributed by atoms with van der Waals surface area (Å²) in [6, 6.07) is 99.0. The molecule has 15 aromatic rings. The third-order valence-electron chi connectivity index (χ3n) is 18.6. The lowest BCUT2D eigenvalue weighted by Gasteiger charge is -2.32. The molecule has 0 bridgehead atoms. The monoisotopic (exact) mass is 1110 g/mol. The van der Waals surface area contributed by atoms with Gasteiger partial charge < -0.3 is 18.6 Å². The van der Waals surface area contributed by atoms with Crippen LogP contribution in [0.4, 0.5) is 34.1 Å². The van der Waals surface area contributed by atoms with Crippen molar-refractivity contribution in [3.63, 3.8) is 0 Å². The van der Waals surface area contributed by atoms with Gasteiger partial charge in [-0.25, -0.2) is 0 Å². The van der Waals surface area contributed by atoms with Crippen LogP contribution in [0.15, 0.2) is 276 Å². The van der Waals surface area contributed by atoms with Crippen LogP contribution in [-0.2, 0) is 5.41 Å². The molecule has 0 fully saturated rings. The molecular weight excluding hydrogens is 1050 g/mol. The van der Waals surface area contributed by atoms with Crippen LogP contribution in [0.1, 0.15) is 25.0 Å². The summed E-state index contributed by atoms with van der Waals surface area (Å²) in [6.45, 7) is 12.3. The van der Waals surface area contributed by atoms with Crippen molar-refractivity contribution >= 4 is 148 Å². The van der Waals surface area contributed by atoms with Crippen LogP contribution in [0.25, 0.3) is 87.3 Å². The van der Waals surface area contributed by atoms with Gasteiger partial charge in [0, 0.05) is 48.8 Å². The molecule has 0 saturated heterocycles. The summed E-state index contributed by atoms with van der Waals surface area (Å²) in [7, 11) is -3.99. The number of fused-ring (bicyclic) bond motifs is 13. The summed E-state index contributed by atoms with van der Waals surface area (Å²) in [5.41, 5.74) is 14.6. The Balaban J connectivity index is 0.946. The average molecular weight is 1110 g/mol. The van der Waals surface area contributed by atoms with Gasteiger partial charge in [0.25, 0.3) is 0 Å². The Morgan fingerprint density at radius 2 is 0.869 bits per heavy atom. The maximum atomic E-state index is 7.15. The lowest BCUT2D eigenvalue weighted by atomic mass is 9.81. The Kier molecular flexibility index (Phi) is 11.4. The first-order valence-corrected chi connectivity index (χ1v) is 34.7. The van der Waals surface area contributed by atoms with Gasteiger partial charge in [0.15, 0.2) is 11.2 Å². The Morgan fingerprint density at radius 3 is 1.51 bits per heavy atom. The zero-order valence-electron chi connectivity index (χ0n) is 47.7. The number of benzene rings is 13. The maximum absolute atomic E-state index is 7.15. The predicted octanol–water partition coefficient (Wildman–Crippen LogP) is 19.0. The van der Waals surface area contributed by atoms with Crippen molar-refractivity contribution < 1.29 is 8.83 Å². The van der Waals surface area contributed by atoms with Crippen molar-refractivity contribution in [2.75, 3.05) is 9.80 Å². The molecule has 0 radical (unpaired) electrons. The zero-order chi connectivity index (χ0) is 56.4. The van der Waals surface area contributed by atoms with Crippen molar-refractivity contribution in [1.29, 1.82) is 0 Å². The summed E-state index contributed by atoms with van der Waals surface area (Å²) in [6.07, 6.45) is 0. The van der Waals surface area contributed by atoms with Gasteiger partial charge in [0.05, 0.1) is 37.2 Å². The first-order valence-electron chi connectivity index (χ1n) is 29.4. The van der Waals surface area contributed by atoms with Crippen LogP contribution in [0, 0.1) is 0 Å². The van der Waals surface area contributed by atoms with E-state index in [4.69, 9.17) is 8.83 Å². The molecule has 16 rings (SSSR count). The molecule has 402 valence electrons. The maximum Gasteiger partial charge on any atom is 0.159 e. The number of hydrogen-bond acceptors (Lipinski definition) is 4. The number of hydrogen-bond donors (Lipinski definition) is 0. The molecule has 4 nitrogen and oxygen atoms in total. The van der Waals surface area contributed by atoms with Gasteiger partial charge in [0.1, 0.15) is 19.2 Å². The van der Waals surface area contributed by atoms with Crippen LogP contribution in [0.2, 0.25) is 19.6 Å². The highest BCUT2D eigenvalue weighted by Gasteiger charge is 2.40. The highest BCUT2D eigenvalue weighted by molar-refractivity contribution is 7.00. The minimum atomic E-state index is -2.28. The van der Waals surface area contributed by atoms with Crippen LogP contribution in [0.3, 0.4) is 0 Å². The highest BCUT2D eigenvalue weighted by Crippen LogP contribution is 2.57. The molecule has 1 atom stereocenters. The van der Waals surface area contributed by atoms with Crippen molar-refractivity contribution in [3.8, 4) is 11.1 Å². The second kappa shape index (κ2) is 19.2. The van der Waals surface area contributed by atoms with Crippen LogP contribution in [0.5, 0.6) is 0 Å². The minimum absolute atomic E-state index is 0.446. The van der Waals surface area contributed by atoms with E-state index in [-0.39, 0.29) is 0 Å². The van der Waals surface area contributed by atoms with Crippen molar-refractivity contribution in [2.45, 2.75) is 38.9 Å². The quantitative estimate of drug-likeness (QED) is 0.128. The normalized spacial score (nSPS) is 13.3. The fraction of sp³-hybridized carbons (Fsp3) is 0.0769. The Morgan fingerprint density at radius 1 is 0.357 bits per heavy atom. The third-order valence-corrected chi connectivity index (χ3v) is 24.8. The van der Waals surface area contributed by atoms with Crippen LogP contribution < -0.4 is 30.5 Å². The van der Waals surface area contributed by atoms with E-state index in [1.165, 1.54) is 75.3 Å². The van der Waals surface area contributed by atoms with Gasteiger partial charge in [0.2, 0.25) is 0 Å². The zero-order valence-corrected chi connectivity index (χ0v) is 49.8. The average Bonchev–Trinajstić information content (AvgIpc) is 1.78. The van der Waals surface area contributed by atoms with E-state index in [1.807, 2.05) is 0 Å². The standard InChI is InChI=1S/C78H60N2O2Si2/c1-78(2)66-44-52(79(68-38-22-26-50-24-12-14-32-57(50)68)72-48-56(84(4,5)55-30-10-7-11-31-55)47-65-61-36-19-21-41-74(61)82-77(65)72)42-43-63(66)75-62-37-17-16-34-59(62)70(49-67(75)78)80(69-39-23-27-51-25-13-15-33-58(51)69)71-46-54(83(3)53-28-8-6-9-29-53)45-64-60-35-18-20-40-73(60)81-76(64)71/h6-49,83H,1-5H3. The Labute approximate surface area is 491 Å². The summed E-state index contributed by atoms with van der Waals surface area (Å²) in [4.78, 5) is 5.05. The van der Waals surface area contributed by atoms with E-state index in [0.29, 0.717) is 0 Å². The lowest BCUT2D eigenvalue weighted by molar-refractivity contribution is 0.660. The highest BCUT2D eigenvalue weighted by atomic mass is 28.3. The molecule has 1 aliphatic carbocycles. The molecule has 13 aromatic carbocycles. The molecule has 0 spiro atoms. The second-order valence-corrected chi connectivity index (χ2v) is 31.2. The first kappa shape index (κ1) is 50.0. The molecule has 2 heterocycles. The molecule has 0 N–H and O–H groups in total. The molecule has 84 heavy (non-hydrogen) atoms. The van der Waals surface area contributed by atoms with Crippen LogP contribution in [-0.4, -0.2) is 16.9 Å². The van der Waals surface area contributed by atoms with E-state index >= 15 is 0 Å². The fourth-order valence-electron chi connectivity index (χ4n) is 14.0. The molecule has 1 aliphatic rings. The minimum Gasteiger partial charge on any atom is -0.454 e. The number of furan rings is 2. The van der Waals surface area contributed by atoms with Crippen molar-refractivity contribution in [1.82, 2.24) is 0 Å². The number of rotatable bonds is 10. The van der Waals surface area contributed by atoms with Gasteiger partial charge in [-0.1, -0.05) is 267 Å². The van der Waals surface area contributed by atoms with E-state index in [2.05, 4.69) is 310 Å². The van der Waals surface area contributed by atoms with Gasteiger partial charge in [-0.15, -0.1) is 0 Å². The smallest absolute Gasteiger partial charge is 0.159 e. The van der Waals surface area contributed by atoms with Crippen molar-refractivity contribution in [2.24, 2.45) is 0 Å². The fourth-order valence-corrected chi connectivity index (χ4v) is 18.4. The Bertz CT molecular complexity index is 5130. The van der Waals surface area contributed by atoms with Gasteiger partial charge in [-0.05, 0) is 93.0 Å². The lowest BCUT2D eigenvalue weighted by Crippen LogP contribution is -2.52. The second-order valence-electron chi connectivity index (χ2n) is 24.0.